The van der Waals surface area contributed by atoms with Crippen molar-refractivity contribution in [3.05, 3.63) is 59.0 Å². The topological polar surface area (TPSA) is 38.8 Å². The second-order valence-corrected chi connectivity index (χ2v) is 9.08. The number of thioether (sulfide) groups is 1. The molecule has 4 nitrogen and oxygen atoms in total. The molecule has 0 N–H and O–H groups in total. The van der Waals surface area contributed by atoms with Gasteiger partial charge in [-0.15, -0.1) is 0 Å². The molecule has 1 aliphatic heterocycles. The second kappa shape index (κ2) is 11.9. The third-order valence-electron chi connectivity index (χ3n) is 5.07. The number of anilines is 1. The molecule has 0 aliphatic carbocycles. The Kier molecular flexibility index (Phi) is 8.98. The number of hydrogen-bond acceptors (Lipinski definition) is 5. The van der Waals surface area contributed by atoms with Crippen LogP contribution in [0.1, 0.15) is 51.0 Å². The molecule has 1 saturated heterocycles. The number of rotatable bonds is 11. The number of benzene rings is 2. The lowest BCUT2D eigenvalue weighted by atomic mass is 10.1. The van der Waals surface area contributed by atoms with E-state index in [1.54, 1.807) is 12.0 Å². The number of carbonyl (C=O) groups is 1. The fourth-order valence-electron chi connectivity index (χ4n) is 3.31. The van der Waals surface area contributed by atoms with Gasteiger partial charge in [-0.25, -0.2) is 0 Å². The number of amides is 1. The first-order valence-corrected chi connectivity index (χ1v) is 12.0. The van der Waals surface area contributed by atoms with Crippen molar-refractivity contribution in [2.24, 2.45) is 0 Å². The monoisotopic (exact) mass is 455 g/mol. The molecule has 31 heavy (non-hydrogen) atoms. The Labute approximate surface area is 194 Å². The average Bonchev–Trinajstić information content (AvgIpc) is 3.07. The Balaban J connectivity index is 1.55. The number of hydrogen-bond donors (Lipinski definition) is 0. The number of unbranched alkanes of at least 4 members (excludes halogenated alkanes) is 5. The van der Waals surface area contributed by atoms with Crippen molar-refractivity contribution in [3.8, 4) is 11.5 Å². The van der Waals surface area contributed by atoms with Gasteiger partial charge < -0.3 is 9.47 Å². The molecule has 0 radical (unpaired) electrons. The average molecular weight is 456 g/mol. The van der Waals surface area contributed by atoms with Crippen LogP contribution in [0.3, 0.4) is 0 Å². The van der Waals surface area contributed by atoms with Crippen molar-refractivity contribution in [3.63, 3.8) is 0 Å². The second-order valence-electron chi connectivity index (χ2n) is 7.40. The lowest BCUT2D eigenvalue weighted by Crippen LogP contribution is -2.27. The van der Waals surface area contributed by atoms with Crippen LogP contribution in [0, 0.1) is 0 Å². The van der Waals surface area contributed by atoms with E-state index >= 15 is 0 Å². The van der Waals surface area contributed by atoms with E-state index in [1.165, 1.54) is 43.9 Å². The normalized spacial score (nSPS) is 15.0. The zero-order valence-electron chi connectivity index (χ0n) is 18.1. The highest BCUT2D eigenvalue weighted by Crippen LogP contribution is 2.36. The Morgan fingerprint density at radius 1 is 0.935 bits per heavy atom. The van der Waals surface area contributed by atoms with Crippen LogP contribution in [0.25, 0.3) is 6.08 Å². The highest BCUT2D eigenvalue weighted by molar-refractivity contribution is 8.27. The lowest BCUT2D eigenvalue weighted by molar-refractivity contribution is -0.113. The van der Waals surface area contributed by atoms with E-state index in [4.69, 9.17) is 21.7 Å². The van der Waals surface area contributed by atoms with Crippen molar-refractivity contribution < 1.29 is 14.3 Å². The first-order valence-electron chi connectivity index (χ1n) is 10.8. The molecule has 1 amide bonds. The Morgan fingerprint density at radius 2 is 1.58 bits per heavy atom. The SMILES string of the molecule is CCCCCCCCOc1ccc(/C=C2\SC(=S)N(c3ccc(OC)cc3)C2=O)cc1. The van der Waals surface area contributed by atoms with E-state index in [0.717, 1.165) is 35.8 Å². The van der Waals surface area contributed by atoms with Crippen LogP contribution >= 0.6 is 24.0 Å². The molecular formula is C25H29NO3S2. The molecule has 0 spiro atoms. The third kappa shape index (κ3) is 6.58. The van der Waals surface area contributed by atoms with Gasteiger partial charge in [0, 0.05) is 0 Å². The fraction of sp³-hybridized carbons (Fsp3) is 0.360. The number of thiocarbonyl (C=S) groups is 1. The maximum Gasteiger partial charge on any atom is 0.270 e. The number of nitrogens with zero attached hydrogens (tertiary/aromatic N) is 1. The van der Waals surface area contributed by atoms with E-state index < -0.39 is 0 Å². The Morgan fingerprint density at radius 3 is 2.26 bits per heavy atom. The van der Waals surface area contributed by atoms with Crippen LogP contribution in [-0.4, -0.2) is 23.9 Å². The molecule has 1 aliphatic rings. The van der Waals surface area contributed by atoms with Crippen molar-refractivity contribution >= 4 is 46.0 Å². The summed E-state index contributed by atoms with van der Waals surface area (Å²) in [7, 11) is 1.61. The van der Waals surface area contributed by atoms with Crippen LogP contribution in [-0.2, 0) is 4.79 Å². The lowest BCUT2D eigenvalue weighted by Gasteiger charge is -2.14. The van der Waals surface area contributed by atoms with E-state index in [9.17, 15) is 4.79 Å². The summed E-state index contributed by atoms with van der Waals surface area (Å²) in [6.07, 6.45) is 9.37. The number of methoxy groups -OCH3 is 1. The summed E-state index contributed by atoms with van der Waals surface area (Å²) in [6, 6.07) is 15.2. The Bertz CT molecular complexity index is 907. The van der Waals surface area contributed by atoms with Gasteiger partial charge in [0.1, 0.15) is 11.5 Å². The molecule has 0 atom stereocenters. The maximum absolute atomic E-state index is 12.9. The minimum absolute atomic E-state index is 0.108. The third-order valence-corrected chi connectivity index (χ3v) is 6.37. The molecule has 164 valence electrons. The van der Waals surface area contributed by atoms with E-state index in [-0.39, 0.29) is 5.91 Å². The van der Waals surface area contributed by atoms with Gasteiger partial charge >= 0.3 is 0 Å². The van der Waals surface area contributed by atoms with E-state index in [0.29, 0.717) is 9.23 Å². The van der Waals surface area contributed by atoms with Crippen molar-refractivity contribution in [1.82, 2.24) is 0 Å². The van der Waals surface area contributed by atoms with E-state index in [1.807, 2.05) is 54.6 Å². The minimum Gasteiger partial charge on any atom is -0.497 e. The summed E-state index contributed by atoms with van der Waals surface area (Å²) in [5, 5.41) is 0. The van der Waals surface area contributed by atoms with Crippen molar-refractivity contribution in [2.75, 3.05) is 18.6 Å². The molecule has 2 aromatic rings. The van der Waals surface area contributed by atoms with Crippen LogP contribution in [0.5, 0.6) is 11.5 Å². The molecule has 0 saturated carbocycles. The zero-order valence-corrected chi connectivity index (χ0v) is 19.8. The summed E-state index contributed by atoms with van der Waals surface area (Å²) < 4.78 is 11.5. The summed E-state index contributed by atoms with van der Waals surface area (Å²) in [4.78, 5) is 15.1. The molecule has 0 bridgehead atoms. The molecule has 2 aromatic carbocycles. The van der Waals surface area contributed by atoms with Gasteiger partial charge in [0.25, 0.3) is 5.91 Å². The molecule has 3 rings (SSSR count). The molecule has 6 heteroatoms. The summed E-state index contributed by atoms with van der Waals surface area (Å²) in [5.41, 5.74) is 1.69. The van der Waals surface area contributed by atoms with E-state index in [2.05, 4.69) is 6.92 Å². The molecule has 0 aromatic heterocycles. The smallest absolute Gasteiger partial charge is 0.270 e. The van der Waals surface area contributed by atoms with Gasteiger partial charge in [0.2, 0.25) is 0 Å². The maximum atomic E-state index is 12.9. The molecule has 0 unspecified atom stereocenters. The van der Waals surface area contributed by atoms with Crippen LogP contribution < -0.4 is 14.4 Å². The van der Waals surface area contributed by atoms with Gasteiger partial charge in [-0.3, -0.25) is 9.69 Å². The highest BCUT2D eigenvalue weighted by Gasteiger charge is 2.33. The minimum atomic E-state index is -0.108. The molecular weight excluding hydrogens is 426 g/mol. The first kappa shape index (κ1) is 23.4. The van der Waals surface area contributed by atoms with Gasteiger partial charge in [0.05, 0.1) is 24.3 Å². The van der Waals surface area contributed by atoms with Crippen molar-refractivity contribution in [2.45, 2.75) is 45.4 Å². The quantitative estimate of drug-likeness (QED) is 0.211. The van der Waals surface area contributed by atoms with Gasteiger partial charge in [-0.1, -0.05) is 75.1 Å². The largest absolute Gasteiger partial charge is 0.497 e. The molecule has 1 fully saturated rings. The van der Waals surface area contributed by atoms with Gasteiger partial charge in [0.15, 0.2) is 4.32 Å². The van der Waals surface area contributed by atoms with Crippen LogP contribution in [0.2, 0.25) is 0 Å². The highest BCUT2D eigenvalue weighted by atomic mass is 32.2. The van der Waals surface area contributed by atoms with Crippen LogP contribution in [0.4, 0.5) is 5.69 Å². The number of carbonyl (C=O) groups excluding carboxylic acids is 1. The summed E-state index contributed by atoms with van der Waals surface area (Å²) in [5.74, 6) is 1.49. The van der Waals surface area contributed by atoms with Gasteiger partial charge in [-0.2, -0.15) is 0 Å². The first-order chi connectivity index (χ1) is 15.1. The predicted octanol–water partition coefficient (Wildman–Crippen LogP) is 6.84. The Hall–Kier alpha value is -2.31. The summed E-state index contributed by atoms with van der Waals surface area (Å²) in [6.45, 7) is 2.97. The predicted molar refractivity (Wildman–Crippen MR) is 134 cm³/mol. The standard InChI is InChI=1S/C25H29NO3S2/c1-3-4-5-6-7-8-17-29-22-13-9-19(10-14-22)18-23-24(27)26(25(30)31-23)20-11-15-21(28-2)16-12-20/h9-16,18H,3-8,17H2,1-2H3/b23-18-. The van der Waals surface area contributed by atoms with Gasteiger partial charge in [-0.05, 0) is 54.5 Å². The summed E-state index contributed by atoms with van der Waals surface area (Å²) >= 11 is 6.76. The fourth-order valence-corrected chi connectivity index (χ4v) is 4.60. The number of ether oxygens (including phenoxy) is 2. The molecule has 1 heterocycles. The van der Waals surface area contributed by atoms with Crippen molar-refractivity contribution in [1.29, 1.82) is 0 Å². The zero-order chi connectivity index (χ0) is 22.1. The van der Waals surface area contributed by atoms with Crippen LogP contribution in [0.15, 0.2) is 53.4 Å².